The van der Waals surface area contributed by atoms with Crippen LogP contribution in [0.15, 0.2) is 18.3 Å². The van der Waals surface area contributed by atoms with Gasteiger partial charge in [-0.25, -0.2) is 9.37 Å². The molecule has 23 heavy (non-hydrogen) atoms. The van der Waals surface area contributed by atoms with Crippen molar-refractivity contribution in [2.75, 3.05) is 30.0 Å². The quantitative estimate of drug-likeness (QED) is 0.746. The summed E-state index contributed by atoms with van der Waals surface area (Å²) in [6.07, 6.45) is -3.89. The maximum Gasteiger partial charge on any atom is 0.421 e. The number of benzene rings is 1. The lowest BCUT2D eigenvalue weighted by Gasteiger charge is -2.15. The van der Waals surface area contributed by atoms with Crippen LogP contribution in [-0.2, 0) is 6.18 Å². The predicted octanol–water partition coefficient (Wildman–Crippen LogP) is 3.77. The molecular formula is C14H15F4N5. The minimum Gasteiger partial charge on any atom is -0.388 e. The standard InChI is InChI=1S/C14H15F4N5/c1-7-10(19-2)4-8(15)5-11(7)22-13-21-6-9(14(16,17)18)12(20-3)23-13/h4-6,19H,1-3H3,(H2,20,21,22,23). The molecule has 5 nitrogen and oxygen atoms in total. The highest BCUT2D eigenvalue weighted by Gasteiger charge is 2.35. The number of aromatic nitrogens is 2. The van der Waals surface area contributed by atoms with E-state index in [1.165, 1.54) is 19.2 Å². The number of nitrogens with one attached hydrogen (secondary N) is 3. The number of halogens is 4. The van der Waals surface area contributed by atoms with Crippen LogP contribution in [0.25, 0.3) is 0 Å². The normalized spacial score (nSPS) is 11.3. The van der Waals surface area contributed by atoms with Gasteiger partial charge in [0, 0.05) is 31.7 Å². The Balaban J connectivity index is 2.40. The van der Waals surface area contributed by atoms with E-state index in [-0.39, 0.29) is 11.8 Å². The van der Waals surface area contributed by atoms with E-state index in [9.17, 15) is 17.6 Å². The molecular weight excluding hydrogens is 314 g/mol. The number of hydrogen-bond donors (Lipinski definition) is 3. The summed E-state index contributed by atoms with van der Waals surface area (Å²) in [6, 6.07) is 2.53. The van der Waals surface area contributed by atoms with E-state index < -0.39 is 17.6 Å². The number of hydrogen-bond acceptors (Lipinski definition) is 5. The van der Waals surface area contributed by atoms with Crippen molar-refractivity contribution in [3.05, 3.63) is 35.3 Å². The summed E-state index contributed by atoms with van der Waals surface area (Å²) in [6.45, 7) is 1.73. The molecule has 0 aliphatic rings. The van der Waals surface area contributed by atoms with Crippen molar-refractivity contribution in [2.45, 2.75) is 13.1 Å². The second-order valence-electron chi connectivity index (χ2n) is 4.70. The second-order valence-corrected chi connectivity index (χ2v) is 4.70. The highest BCUT2D eigenvalue weighted by atomic mass is 19.4. The summed E-state index contributed by atoms with van der Waals surface area (Å²) in [7, 11) is 2.97. The highest BCUT2D eigenvalue weighted by Crippen LogP contribution is 2.34. The van der Waals surface area contributed by atoms with Gasteiger partial charge in [0.15, 0.2) is 0 Å². The molecule has 124 valence electrons. The fraction of sp³-hybridized carbons (Fsp3) is 0.286. The van der Waals surface area contributed by atoms with Gasteiger partial charge in [0.2, 0.25) is 5.95 Å². The van der Waals surface area contributed by atoms with E-state index in [0.29, 0.717) is 23.1 Å². The monoisotopic (exact) mass is 329 g/mol. The lowest BCUT2D eigenvalue weighted by Crippen LogP contribution is -2.12. The summed E-state index contributed by atoms with van der Waals surface area (Å²) >= 11 is 0. The van der Waals surface area contributed by atoms with Crippen LogP contribution in [0.1, 0.15) is 11.1 Å². The average molecular weight is 329 g/mol. The Morgan fingerprint density at radius 3 is 2.26 bits per heavy atom. The van der Waals surface area contributed by atoms with Crippen LogP contribution in [0.3, 0.4) is 0 Å². The van der Waals surface area contributed by atoms with Gasteiger partial charge in [-0.05, 0) is 24.6 Å². The molecule has 0 atom stereocenters. The lowest BCUT2D eigenvalue weighted by atomic mass is 10.1. The van der Waals surface area contributed by atoms with Crippen molar-refractivity contribution >= 4 is 23.1 Å². The summed E-state index contributed by atoms with van der Waals surface area (Å²) in [5.41, 5.74) is 0.616. The van der Waals surface area contributed by atoms with E-state index in [0.717, 1.165) is 0 Å². The van der Waals surface area contributed by atoms with E-state index in [4.69, 9.17) is 0 Å². The Bertz CT molecular complexity index is 715. The Labute approximate surface area is 130 Å². The molecule has 0 aliphatic heterocycles. The van der Waals surface area contributed by atoms with Crippen molar-refractivity contribution in [1.82, 2.24) is 9.97 Å². The molecule has 1 aromatic heterocycles. The zero-order valence-electron chi connectivity index (χ0n) is 12.6. The van der Waals surface area contributed by atoms with Gasteiger partial charge in [-0.3, -0.25) is 0 Å². The highest BCUT2D eigenvalue weighted by molar-refractivity contribution is 5.68. The first kappa shape index (κ1) is 16.8. The van der Waals surface area contributed by atoms with Gasteiger partial charge in [-0.1, -0.05) is 0 Å². The molecule has 3 N–H and O–H groups in total. The van der Waals surface area contributed by atoms with Gasteiger partial charge in [0.05, 0.1) is 0 Å². The van der Waals surface area contributed by atoms with E-state index in [1.54, 1.807) is 14.0 Å². The molecule has 0 radical (unpaired) electrons. The van der Waals surface area contributed by atoms with Crippen LogP contribution in [0.5, 0.6) is 0 Å². The summed E-state index contributed by atoms with van der Waals surface area (Å²) in [4.78, 5) is 7.43. The smallest absolute Gasteiger partial charge is 0.388 e. The zero-order valence-corrected chi connectivity index (χ0v) is 12.6. The first-order valence-corrected chi connectivity index (χ1v) is 6.63. The van der Waals surface area contributed by atoms with Crippen LogP contribution < -0.4 is 16.0 Å². The molecule has 0 fully saturated rings. The van der Waals surface area contributed by atoms with Crippen molar-refractivity contribution in [3.8, 4) is 0 Å². The minimum absolute atomic E-state index is 0.0712. The Kier molecular flexibility index (Phi) is 4.57. The molecule has 2 aromatic rings. The third kappa shape index (κ3) is 3.61. The minimum atomic E-state index is -4.56. The third-order valence-corrected chi connectivity index (χ3v) is 3.22. The molecule has 2 rings (SSSR count). The molecule has 0 bridgehead atoms. The van der Waals surface area contributed by atoms with Crippen molar-refractivity contribution in [2.24, 2.45) is 0 Å². The van der Waals surface area contributed by atoms with Crippen LogP contribution in [0, 0.1) is 12.7 Å². The number of alkyl halides is 3. The Morgan fingerprint density at radius 2 is 1.70 bits per heavy atom. The van der Waals surface area contributed by atoms with Gasteiger partial charge >= 0.3 is 6.18 Å². The molecule has 9 heteroatoms. The third-order valence-electron chi connectivity index (χ3n) is 3.22. The van der Waals surface area contributed by atoms with Gasteiger partial charge in [-0.2, -0.15) is 18.2 Å². The van der Waals surface area contributed by atoms with Crippen molar-refractivity contribution < 1.29 is 17.6 Å². The van der Waals surface area contributed by atoms with Crippen molar-refractivity contribution in [3.63, 3.8) is 0 Å². The van der Waals surface area contributed by atoms with Gasteiger partial charge in [0.1, 0.15) is 17.2 Å². The van der Waals surface area contributed by atoms with E-state index in [2.05, 4.69) is 25.9 Å². The summed E-state index contributed by atoms with van der Waals surface area (Å²) < 4.78 is 52.0. The lowest BCUT2D eigenvalue weighted by molar-refractivity contribution is -0.137. The Hall–Kier alpha value is -2.58. The first-order chi connectivity index (χ1) is 10.8. The molecule has 1 heterocycles. The van der Waals surface area contributed by atoms with E-state index >= 15 is 0 Å². The van der Waals surface area contributed by atoms with E-state index in [1.807, 2.05) is 0 Å². The maximum absolute atomic E-state index is 13.6. The molecule has 1 aromatic carbocycles. The van der Waals surface area contributed by atoms with Gasteiger partial charge in [0.25, 0.3) is 0 Å². The largest absolute Gasteiger partial charge is 0.421 e. The predicted molar refractivity (Wildman–Crippen MR) is 80.5 cm³/mol. The topological polar surface area (TPSA) is 61.9 Å². The Morgan fingerprint density at radius 1 is 1.04 bits per heavy atom. The molecule has 0 saturated heterocycles. The molecule has 0 spiro atoms. The SMILES string of the molecule is CNc1cc(F)cc(Nc2ncc(C(F)(F)F)c(NC)n2)c1C. The molecule has 0 saturated carbocycles. The summed E-state index contributed by atoms with van der Waals surface area (Å²) in [5.74, 6) is -0.931. The fourth-order valence-corrected chi connectivity index (χ4v) is 2.03. The number of anilines is 4. The second kappa shape index (κ2) is 6.27. The van der Waals surface area contributed by atoms with Gasteiger partial charge in [-0.15, -0.1) is 0 Å². The van der Waals surface area contributed by atoms with Crippen molar-refractivity contribution in [1.29, 1.82) is 0 Å². The molecule has 0 unspecified atom stereocenters. The molecule has 0 aliphatic carbocycles. The van der Waals surface area contributed by atoms with Crippen LogP contribution in [0.2, 0.25) is 0 Å². The fourth-order valence-electron chi connectivity index (χ4n) is 2.03. The van der Waals surface area contributed by atoms with Crippen LogP contribution in [-0.4, -0.2) is 24.1 Å². The molecule has 0 amide bonds. The average Bonchev–Trinajstić information content (AvgIpc) is 2.49. The van der Waals surface area contributed by atoms with Crippen LogP contribution >= 0.6 is 0 Å². The number of rotatable bonds is 4. The summed E-state index contributed by atoms with van der Waals surface area (Å²) in [5, 5.41) is 7.94. The maximum atomic E-state index is 13.6. The van der Waals surface area contributed by atoms with Crippen LogP contribution in [0.4, 0.5) is 40.7 Å². The zero-order chi connectivity index (χ0) is 17.2. The first-order valence-electron chi connectivity index (χ1n) is 6.63. The number of nitrogens with zero attached hydrogens (tertiary/aromatic N) is 2. The van der Waals surface area contributed by atoms with Gasteiger partial charge < -0.3 is 16.0 Å².